The highest BCUT2D eigenvalue weighted by atomic mass is 16.3. The topological polar surface area (TPSA) is 32.6 Å². The monoisotopic (exact) mass is 165 g/mol. The van der Waals surface area contributed by atoms with Crippen LogP contribution in [0.2, 0.25) is 0 Å². The number of aliphatic imine (C=N–C) groups is 1. The molecule has 2 nitrogen and oxygen atoms in total. The molecule has 0 bridgehead atoms. The lowest BCUT2D eigenvalue weighted by Crippen LogP contribution is -2.35. The van der Waals surface area contributed by atoms with Gasteiger partial charge in [-0.3, -0.25) is 4.99 Å². The van der Waals surface area contributed by atoms with Gasteiger partial charge in [0.05, 0.1) is 0 Å². The standard InChI is InChI=1S/C10H15NO/c1-4-9(12)10(2,3)8-6-5-7-11-8/h1,9,12H,5-7H2,2-3H3. The van der Waals surface area contributed by atoms with Crippen LogP contribution < -0.4 is 0 Å². The second kappa shape index (κ2) is 3.28. The van der Waals surface area contributed by atoms with E-state index in [2.05, 4.69) is 10.9 Å². The molecule has 0 fully saturated rings. The Morgan fingerprint density at radius 1 is 1.67 bits per heavy atom. The average Bonchev–Trinajstić information content (AvgIpc) is 2.55. The molecule has 0 radical (unpaired) electrons. The molecule has 0 aromatic rings. The van der Waals surface area contributed by atoms with Crippen LogP contribution >= 0.6 is 0 Å². The molecule has 0 aromatic carbocycles. The summed E-state index contributed by atoms with van der Waals surface area (Å²) in [5, 5.41) is 9.53. The number of nitrogens with zero attached hydrogens (tertiary/aromatic N) is 1. The number of aliphatic hydroxyl groups excluding tert-OH is 1. The minimum absolute atomic E-state index is 0.342. The molecule has 1 atom stereocenters. The van der Waals surface area contributed by atoms with E-state index in [0.717, 1.165) is 25.1 Å². The van der Waals surface area contributed by atoms with Crippen molar-refractivity contribution >= 4 is 5.71 Å². The van der Waals surface area contributed by atoms with Crippen molar-refractivity contribution in [2.75, 3.05) is 6.54 Å². The average molecular weight is 165 g/mol. The highest BCUT2D eigenvalue weighted by Gasteiger charge is 2.33. The lowest BCUT2D eigenvalue weighted by atomic mass is 9.80. The van der Waals surface area contributed by atoms with E-state index in [9.17, 15) is 5.11 Å². The van der Waals surface area contributed by atoms with Crippen LogP contribution in [0.3, 0.4) is 0 Å². The van der Waals surface area contributed by atoms with Crippen LogP contribution in [-0.2, 0) is 0 Å². The molecule has 1 heterocycles. The molecular formula is C10H15NO. The summed E-state index contributed by atoms with van der Waals surface area (Å²) in [6, 6.07) is 0. The van der Waals surface area contributed by atoms with Crippen molar-refractivity contribution in [3.63, 3.8) is 0 Å². The van der Waals surface area contributed by atoms with Crippen molar-refractivity contribution in [1.29, 1.82) is 0 Å². The molecule has 0 saturated carbocycles. The molecule has 1 aliphatic heterocycles. The molecule has 0 spiro atoms. The van der Waals surface area contributed by atoms with Gasteiger partial charge in [-0.1, -0.05) is 19.8 Å². The number of hydrogen-bond donors (Lipinski definition) is 1. The van der Waals surface area contributed by atoms with Crippen LogP contribution in [0.15, 0.2) is 4.99 Å². The van der Waals surface area contributed by atoms with Gasteiger partial charge in [0, 0.05) is 17.7 Å². The van der Waals surface area contributed by atoms with Gasteiger partial charge in [0.15, 0.2) is 0 Å². The summed E-state index contributed by atoms with van der Waals surface area (Å²) in [5.41, 5.74) is 0.721. The summed E-state index contributed by atoms with van der Waals surface area (Å²) >= 11 is 0. The summed E-state index contributed by atoms with van der Waals surface area (Å²) in [5.74, 6) is 2.36. The van der Waals surface area contributed by atoms with E-state index in [1.54, 1.807) is 0 Å². The number of hydrogen-bond acceptors (Lipinski definition) is 2. The Kier molecular flexibility index (Phi) is 2.54. The van der Waals surface area contributed by atoms with Crippen LogP contribution in [0, 0.1) is 17.8 Å². The molecule has 0 aromatic heterocycles. The third-order valence-electron chi connectivity index (χ3n) is 2.46. The molecule has 1 rings (SSSR count). The van der Waals surface area contributed by atoms with Gasteiger partial charge in [-0.15, -0.1) is 6.42 Å². The van der Waals surface area contributed by atoms with Crippen molar-refractivity contribution < 1.29 is 5.11 Å². The lowest BCUT2D eigenvalue weighted by molar-refractivity contribution is 0.147. The normalized spacial score (nSPS) is 20.0. The Morgan fingerprint density at radius 2 is 2.33 bits per heavy atom. The highest BCUT2D eigenvalue weighted by molar-refractivity contribution is 5.91. The third-order valence-corrected chi connectivity index (χ3v) is 2.46. The van der Waals surface area contributed by atoms with Gasteiger partial charge in [0.2, 0.25) is 0 Å². The van der Waals surface area contributed by atoms with Gasteiger partial charge in [-0.25, -0.2) is 0 Å². The molecule has 66 valence electrons. The maximum Gasteiger partial charge on any atom is 0.124 e. The minimum atomic E-state index is -0.714. The van der Waals surface area contributed by atoms with Gasteiger partial charge in [-0.05, 0) is 12.8 Å². The van der Waals surface area contributed by atoms with E-state index < -0.39 is 6.10 Å². The van der Waals surface area contributed by atoms with E-state index in [1.165, 1.54) is 0 Å². The van der Waals surface area contributed by atoms with Gasteiger partial charge in [0.25, 0.3) is 0 Å². The van der Waals surface area contributed by atoms with E-state index in [4.69, 9.17) is 6.42 Å². The first-order valence-corrected chi connectivity index (χ1v) is 4.27. The Balaban J connectivity index is 2.78. The summed E-state index contributed by atoms with van der Waals surface area (Å²) in [7, 11) is 0. The van der Waals surface area contributed by atoms with Crippen LogP contribution in [0.4, 0.5) is 0 Å². The van der Waals surface area contributed by atoms with Crippen molar-refractivity contribution in [2.45, 2.75) is 32.8 Å². The second-order valence-electron chi connectivity index (χ2n) is 3.72. The molecule has 1 unspecified atom stereocenters. The molecule has 1 aliphatic rings. The SMILES string of the molecule is C#CC(O)C(C)(C)C1=NCCC1. The maximum absolute atomic E-state index is 9.53. The second-order valence-corrected chi connectivity index (χ2v) is 3.72. The lowest BCUT2D eigenvalue weighted by Gasteiger charge is -2.27. The largest absolute Gasteiger partial charge is 0.379 e. The Hall–Kier alpha value is -0.810. The summed E-state index contributed by atoms with van der Waals surface area (Å²) < 4.78 is 0. The zero-order valence-corrected chi connectivity index (χ0v) is 7.67. The van der Waals surface area contributed by atoms with E-state index in [0.29, 0.717) is 0 Å². The van der Waals surface area contributed by atoms with Crippen LogP contribution in [0.1, 0.15) is 26.7 Å². The first kappa shape index (κ1) is 9.28. The molecule has 0 saturated heterocycles. The van der Waals surface area contributed by atoms with Gasteiger partial charge in [0.1, 0.15) is 6.10 Å². The summed E-state index contributed by atoms with van der Waals surface area (Å²) in [6.45, 7) is 4.78. The Bertz CT molecular complexity index is 235. The molecule has 12 heavy (non-hydrogen) atoms. The number of rotatable bonds is 2. The van der Waals surface area contributed by atoms with Crippen molar-refractivity contribution in [3.8, 4) is 12.3 Å². The first-order valence-electron chi connectivity index (χ1n) is 4.27. The highest BCUT2D eigenvalue weighted by Crippen LogP contribution is 2.27. The predicted molar refractivity (Wildman–Crippen MR) is 50.2 cm³/mol. The van der Waals surface area contributed by atoms with E-state index in [-0.39, 0.29) is 5.41 Å². The van der Waals surface area contributed by atoms with Crippen LogP contribution in [-0.4, -0.2) is 23.5 Å². The predicted octanol–water partition coefficient (Wildman–Crippen LogP) is 1.24. The molecule has 1 N–H and O–H groups in total. The number of aliphatic hydroxyl groups is 1. The summed E-state index contributed by atoms with van der Waals surface area (Å²) in [4.78, 5) is 4.34. The fraction of sp³-hybridized carbons (Fsp3) is 0.700. The Labute approximate surface area is 73.7 Å². The van der Waals surface area contributed by atoms with Gasteiger partial charge < -0.3 is 5.11 Å². The van der Waals surface area contributed by atoms with Crippen LogP contribution in [0.25, 0.3) is 0 Å². The molecule has 0 aliphatic carbocycles. The van der Waals surface area contributed by atoms with Crippen molar-refractivity contribution in [1.82, 2.24) is 0 Å². The number of terminal acetylenes is 1. The Morgan fingerprint density at radius 3 is 2.75 bits per heavy atom. The van der Waals surface area contributed by atoms with Crippen LogP contribution in [0.5, 0.6) is 0 Å². The minimum Gasteiger partial charge on any atom is -0.379 e. The van der Waals surface area contributed by atoms with Gasteiger partial charge in [-0.2, -0.15) is 0 Å². The van der Waals surface area contributed by atoms with Gasteiger partial charge >= 0.3 is 0 Å². The fourth-order valence-corrected chi connectivity index (χ4v) is 1.43. The van der Waals surface area contributed by atoms with E-state index in [1.807, 2.05) is 13.8 Å². The zero-order chi connectivity index (χ0) is 9.19. The first-order chi connectivity index (χ1) is 5.59. The molecule has 2 heteroatoms. The summed E-state index contributed by atoms with van der Waals surface area (Å²) in [6.07, 6.45) is 6.53. The van der Waals surface area contributed by atoms with Crippen molar-refractivity contribution in [2.24, 2.45) is 10.4 Å². The quantitative estimate of drug-likeness (QED) is 0.613. The zero-order valence-electron chi connectivity index (χ0n) is 7.67. The smallest absolute Gasteiger partial charge is 0.124 e. The fourth-order valence-electron chi connectivity index (χ4n) is 1.43. The third kappa shape index (κ3) is 1.51. The van der Waals surface area contributed by atoms with Crippen molar-refractivity contribution in [3.05, 3.63) is 0 Å². The van der Waals surface area contributed by atoms with E-state index >= 15 is 0 Å². The molecular weight excluding hydrogens is 150 g/mol. The molecule has 0 amide bonds. The maximum atomic E-state index is 9.53.